The SMILES string of the molecule is N#CSOP(=O)(F)OC(=O)C(=O)O. The van der Waals surface area contributed by atoms with Crippen molar-refractivity contribution in [1.82, 2.24) is 0 Å². The molecule has 0 rings (SSSR count). The highest BCUT2D eigenvalue weighted by Crippen LogP contribution is 2.53. The number of thiocyanates is 1. The molecule has 1 atom stereocenters. The molecule has 13 heavy (non-hydrogen) atoms. The molecule has 0 aliphatic carbocycles. The summed E-state index contributed by atoms with van der Waals surface area (Å²) in [6, 6.07) is 0. The lowest BCUT2D eigenvalue weighted by atomic mass is 10.7. The van der Waals surface area contributed by atoms with Crippen LogP contribution in [-0.2, 0) is 22.6 Å². The van der Waals surface area contributed by atoms with Crippen LogP contribution in [0.25, 0.3) is 0 Å². The molecule has 0 saturated heterocycles. The summed E-state index contributed by atoms with van der Waals surface area (Å²) in [6.45, 7) is 0. The Bertz CT molecular complexity index is 311. The Balaban J connectivity index is 4.19. The lowest BCUT2D eigenvalue weighted by Gasteiger charge is -2.02. The molecule has 1 unspecified atom stereocenters. The van der Waals surface area contributed by atoms with E-state index in [9.17, 15) is 18.4 Å². The first-order valence-corrected chi connectivity index (χ1v) is 4.57. The highest BCUT2D eigenvalue weighted by molar-refractivity contribution is 8.02. The van der Waals surface area contributed by atoms with E-state index in [0.29, 0.717) is 0 Å². The molecule has 0 fully saturated rings. The molecular weight excluding hydrogens is 228 g/mol. The molecule has 0 saturated carbocycles. The summed E-state index contributed by atoms with van der Waals surface area (Å²) < 4.78 is 29.5. The second kappa shape index (κ2) is 4.81. The lowest BCUT2D eigenvalue weighted by molar-refractivity contribution is -0.158. The standard InChI is InChI=1S/C3HFNO6PS/c4-12(9,11-13-1-5)10-3(8)2(6)7/h(H,6,7). The van der Waals surface area contributed by atoms with Gasteiger partial charge in [0.2, 0.25) is 0 Å². The van der Waals surface area contributed by atoms with Gasteiger partial charge in [-0.05, 0) is 0 Å². The third-order valence-corrected chi connectivity index (χ3v) is 2.00. The number of carbonyl (C=O) groups is 2. The van der Waals surface area contributed by atoms with Gasteiger partial charge in [-0.3, -0.25) is 0 Å². The first-order chi connectivity index (χ1) is 5.89. The topological polar surface area (TPSA) is 114 Å². The molecule has 0 aliphatic rings. The minimum Gasteiger partial charge on any atom is -0.473 e. The molecule has 72 valence electrons. The van der Waals surface area contributed by atoms with Crippen LogP contribution in [0.3, 0.4) is 0 Å². The van der Waals surface area contributed by atoms with E-state index in [2.05, 4.69) is 8.49 Å². The van der Waals surface area contributed by atoms with Crippen molar-refractivity contribution in [2.24, 2.45) is 0 Å². The van der Waals surface area contributed by atoms with Gasteiger partial charge in [0.25, 0.3) is 0 Å². The molecule has 0 aromatic carbocycles. The Kier molecular flexibility index (Phi) is 4.40. The fourth-order valence-electron chi connectivity index (χ4n) is 0.214. The number of carboxylic acids is 1. The second-order valence-electron chi connectivity index (χ2n) is 1.36. The highest BCUT2D eigenvalue weighted by Gasteiger charge is 2.33. The summed E-state index contributed by atoms with van der Waals surface area (Å²) in [5, 5.41) is 16.9. The smallest absolute Gasteiger partial charge is 0.473 e. The number of hydrogen-bond donors (Lipinski definition) is 1. The van der Waals surface area contributed by atoms with Crippen molar-refractivity contribution in [3.63, 3.8) is 0 Å². The predicted octanol–water partition coefficient (Wildman–Crippen LogP) is 0.838. The molecule has 1 N–H and O–H groups in total. The van der Waals surface area contributed by atoms with E-state index in [-0.39, 0.29) is 12.0 Å². The van der Waals surface area contributed by atoms with Gasteiger partial charge in [0, 0.05) is 0 Å². The van der Waals surface area contributed by atoms with Gasteiger partial charge >= 0.3 is 19.8 Å². The van der Waals surface area contributed by atoms with Crippen LogP contribution in [0.2, 0.25) is 0 Å². The van der Waals surface area contributed by atoms with Crippen LogP contribution >= 0.6 is 19.9 Å². The molecule has 7 nitrogen and oxygen atoms in total. The predicted molar refractivity (Wildman–Crippen MR) is 36.7 cm³/mol. The number of nitrogens with zero attached hydrogens (tertiary/aromatic N) is 1. The van der Waals surface area contributed by atoms with Crippen LogP contribution in [0.15, 0.2) is 0 Å². The zero-order chi connectivity index (χ0) is 10.5. The van der Waals surface area contributed by atoms with E-state index in [1.807, 2.05) is 0 Å². The fourth-order valence-corrected chi connectivity index (χ4v) is 1.10. The van der Waals surface area contributed by atoms with Gasteiger partial charge in [-0.2, -0.15) is 9.23 Å². The maximum atomic E-state index is 12.3. The van der Waals surface area contributed by atoms with E-state index in [1.54, 1.807) is 0 Å². The van der Waals surface area contributed by atoms with Crippen LogP contribution in [0.1, 0.15) is 0 Å². The van der Waals surface area contributed by atoms with E-state index < -0.39 is 19.8 Å². The third-order valence-electron chi connectivity index (χ3n) is 0.530. The number of carbonyl (C=O) groups excluding carboxylic acids is 1. The van der Waals surface area contributed by atoms with Gasteiger partial charge in [0.1, 0.15) is 12.0 Å². The molecule has 0 aromatic heterocycles. The monoisotopic (exact) mass is 229 g/mol. The Hall–Kier alpha value is -1.10. The summed E-state index contributed by atoms with van der Waals surface area (Å²) in [5.41, 5.74) is 0. The molecular formula is C3HFNO6PS. The van der Waals surface area contributed by atoms with Crippen LogP contribution in [-0.4, -0.2) is 17.0 Å². The van der Waals surface area contributed by atoms with Gasteiger partial charge in [0.15, 0.2) is 5.40 Å². The third kappa shape index (κ3) is 5.19. The Morgan fingerprint density at radius 3 is 2.54 bits per heavy atom. The fraction of sp³-hybridized carbons (Fsp3) is 0. The zero-order valence-corrected chi connectivity index (χ0v) is 7.38. The Morgan fingerprint density at radius 2 is 2.15 bits per heavy atom. The van der Waals surface area contributed by atoms with Crippen LogP contribution in [0.4, 0.5) is 4.20 Å². The number of halogens is 1. The number of hydrogen-bond acceptors (Lipinski definition) is 7. The molecule has 0 aliphatic heterocycles. The quantitative estimate of drug-likeness (QED) is 0.327. The lowest BCUT2D eigenvalue weighted by Crippen LogP contribution is -2.14. The molecule has 0 amide bonds. The normalized spacial score (nSPS) is 13.8. The van der Waals surface area contributed by atoms with Crippen molar-refractivity contribution in [3.8, 4) is 5.40 Å². The summed E-state index contributed by atoms with van der Waals surface area (Å²) in [5.74, 6) is -4.19. The largest absolute Gasteiger partial charge is 0.584 e. The van der Waals surface area contributed by atoms with E-state index in [4.69, 9.17) is 10.4 Å². The number of nitriles is 1. The average Bonchev–Trinajstić information content (AvgIpc) is 2.00. The van der Waals surface area contributed by atoms with Crippen LogP contribution in [0.5, 0.6) is 0 Å². The number of rotatable bonds is 3. The molecule has 0 bridgehead atoms. The summed E-state index contributed by atoms with van der Waals surface area (Å²) >= 11 is -0.234. The summed E-state index contributed by atoms with van der Waals surface area (Å²) in [4.78, 5) is 19.9. The van der Waals surface area contributed by atoms with Crippen molar-refractivity contribution in [3.05, 3.63) is 0 Å². The van der Waals surface area contributed by atoms with Gasteiger partial charge in [0.05, 0.1) is 0 Å². The van der Waals surface area contributed by atoms with Crippen molar-refractivity contribution < 1.29 is 32.0 Å². The molecule has 0 spiro atoms. The van der Waals surface area contributed by atoms with Crippen molar-refractivity contribution >= 4 is 31.9 Å². The number of carboxylic acid groups (broad SMARTS) is 1. The first-order valence-electron chi connectivity index (χ1n) is 2.40. The average molecular weight is 229 g/mol. The van der Waals surface area contributed by atoms with Crippen LogP contribution in [0, 0.1) is 10.7 Å². The van der Waals surface area contributed by atoms with Gasteiger partial charge < -0.3 is 9.63 Å². The van der Waals surface area contributed by atoms with Gasteiger partial charge in [-0.1, -0.05) is 0 Å². The van der Waals surface area contributed by atoms with Crippen molar-refractivity contribution in [1.29, 1.82) is 5.26 Å². The van der Waals surface area contributed by atoms with E-state index in [1.165, 1.54) is 5.40 Å². The van der Waals surface area contributed by atoms with Crippen molar-refractivity contribution in [2.75, 3.05) is 0 Å². The minimum absolute atomic E-state index is 0.234. The molecule has 0 aromatic rings. The first kappa shape index (κ1) is 11.9. The maximum absolute atomic E-state index is 12.3. The second-order valence-corrected chi connectivity index (χ2v) is 3.35. The molecule has 10 heteroatoms. The van der Waals surface area contributed by atoms with E-state index in [0.717, 1.165) is 0 Å². The Morgan fingerprint density at radius 1 is 1.62 bits per heavy atom. The van der Waals surface area contributed by atoms with E-state index >= 15 is 0 Å². The molecule has 0 radical (unpaired) electrons. The maximum Gasteiger partial charge on any atom is 0.584 e. The minimum atomic E-state index is -5.31. The van der Waals surface area contributed by atoms with Crippen molar-refractivity contribution in [2.45, 2.75) is 0 Å². The van der Waals surface area contributed by atoms with Crippen LogP contribution < -0.4 is 0 Å². The summed E-state index contributed by atoms with van der Waals surface area (Å²) in [7, 11) is -5.31. The highest BCUT2D eigenvalue weighted by atomic mass is 32.2. The number of aliphatic carboxylic acids is 1. The van der Waals surface area contributed by atoms with Gasteiger partial charge in [-0.25, -0.2) is 14.2 Å². The Labute approximate surface area is 75.3 Å². The zero-order valence-electron chi connectivity index (χ0n) is 5.67. The summed E-state index contributed by atoms with van der Waals surface area (Å²) in [6.07, 6.45) is 0. The molecule has 0 heterocycles. The van der Waals surface area contributed by atoms with Gasteiger partial charge in [-0.15, -0.1) is 4.20 Å².